The monoisotopic (exact) mass is 279 g/mol. The highest BCUT2D eigenvalue weighted by atomic mass is 16.6. The largest absolute Gasteiger partial charge is 0.490 e. The Bertz CT molecular complexity index is 493. The van der Waals surface area contributed by atoms with E-state index in [-0.39, 0.29) is 5.69 Å². The highest BCUT2D eigenvalue weighted by molar-refractivity contribution is 5.59. The summed E-state index contributed by atoms with van der Waals surface area (Å²) in [6, 6.07) is 5.02. The maximum Gasteiger partial charge on any atom is 0.311 e. The zero-order valence-electron chi connectivity index (χ0n) is 11.9. The number of methoxy groups -OCH3 is 1. The van der Waals surface area contributed by atoms with Crippen LogP contribution < -0.4 is 15.4 Å². The average Bonchev–Trinajstić information content (AvgIpc) is 2.46. The number of nitro groups is 1. The predicted molar refractivity (Wildman–Crippen MR) is 78.2 cm³/mol. The molecule has 0 bridgehead atoms. The van der Waals surface area contributed by atoms with Crippen molar-refractivity contribution in [1.29, 1.82) is 0 Å². The number of nitro benzene ring substituents is 1. The van der Waals surface area contributed by atoms with Gasteiger partial charge in [-0.2, -0.15) is 0 Å². The number of rotatable bonds is 4. The van der Waals surface area contributed by atoms with E-state index in [2.05, 4.69) is 11.8 Å². The van der Waals surface area contributed by atoms with Gasteiger partial charge in [0.15, 0.2) is 5.75 Å². The lowest BCUT2D eigenvalue weighted by molar-refractivity contribution is -0.385. The maximum absolute atomic E-state index is 10.9. The van der Waals surface area contributed by atoms with Gasteiger partial charge >= 0.3 is 5.69 Å². The van der Waals surface area contributed by atoms with E-state index in [9.17, 15) is 10.1 Å². The van der Waals surface area contributed by atoms with E-state index in [0.29, 0.717) is 24.1 Å². The zero-order valence-corrected chi connectivity index (χ0v) is 11.9. The van der Waals surface area contributed by atoms with Crippen LogP contribution in [0.5, 0.6) is 5.75 Å². The van der Waals surface area contributed by atoms with Gasteiger partial charge < -0.3 is 15.4 Å². The molecule has 20 heavy (non-hydrogen) atoms. The van der Waals surface area contributed by atoms with E-state index in [1.54, 1.807) is 12.1 Å². The molecule has 0 amide bonds. The molecule has 0 aromatic heterocycles. The molecule has 2 rings (SSSR count). The number of anilines is 1. The summed E-state index contributed by atoms with van der Waals surface area (Å²) >= 11 is 0. The van der Waals surface area contributed by atoms with Gasteiger partial charge in [0, 0.05) is 30.9 Å². The van der Waals surface area contributed by atoms with Crippen LogP contribution in [0, 0.1) is 22.0 Å². The summed E-state index contributed by atoms with van der Waals surface area (Å²) in [7, 11) is 1.45. The fourth-order valence-corrected chi connectivity index (χ4v) is 2.70. The normalized spacial score (nSPS) is 22.6. The van der Waals surface area contributed by atoms with Crippen molar-refractivity contribution in [2.24, 2.45) is 17.6 Å². The molecule has 6 heteroatoms. The van der Waals surface area contributed by atoms with Gasteiger partial charge in [-0.15, -0.1) is 0 Å². The molecule has 2 atom stereocenters. The van der Waals surface area contributed by atoms with Crippen LogP contribution in [0.2, 0.25) is 0 Å². The zero-order chi connectivity index (χ0) is 14.7. The minimum Gasteiger partial charge on any atom is -0.490 e. The molecule has 0 saturated carbocycles. The third kappa shape index (κ3) is 2.85. The van der Waals surface area contributed by atoms with E-state index < -0.39 is 4.92 Å². The first kappa shape index (κ1) is 14.6. The smallest absolute Gasteiger partial charge is 0.311 e. The summed E-state index contributed by atoms with van der Waals surface area (Å²) in [5.74, 6) is 1.39. The number of nitrogens with zero attached hydrogens (tertiary/aromatic N) is 2. The molecule has 110 valence electrons. The van der Waals surface area contributed by atoms with Crippen LogP contribution in [-0.4, -0.2) is 31.7 Å². The maximum atomic E-state index is 10.9. The van der Waals surface area contributed by atoms with Gasteiger partial charge in [-0.25, -0.2) is 0 Å². The van der Waals surface area contributed by atoms with Crippen molar-refractivity contribution >= 4 is 11.4 Å². The first-order valence-corrected chi connectivity index (χ1v) is 6.84. The van der Waals surface area contributed by atoms with Gasteiger partial charge in [-0.1, -0.05) is 6.92 Å². The number of nitrogens with two attached hydrogens (primary N) is 1. The summed E-state index contributed by atoms with van der Waals surface area (Å²) in [6.07, 6.45) is 1.08. The molecular weight excluding hydrogens is 258 g/mol. The van der Waals surface area contributed by atoms with Gasteiger partial charge in [-0.05, 0) is 30.9 Å². The number of benzene rings is 1. The van der Waals surface area contributed by atoms with Gasteiger partial charge in [-0.3, -0.25) is 10.1 Å². The Morgan fingerprint density at radius 2 is 2.30 bits per heavy atom. The number of piperidine rings is 1. The second-order valence-electron chi connectivity index (χ2n) is 5.32. The van der Waals surface area contributed by atoms with Crippen LogP contribution >= 0.6 is 0 Å². The lowest BCUT2D eigenvalue weighted by Gasteiger charge is -2.38. The standard InChI is InChI=1S/C14H21N3O3/c1-10-5-6-16(9-11(10)8-15)12-3-4-13(17(18)19)14(7-12)20-2/h3-4,7,10-11H,5-6,8-9,15H2,1-2H3. The quantitative estimate of drug-likeness (QED) is 0.673. The van der Waals surface area contributed by atoms with Crippen LogP contribution in [0.3, 0.4) is 0 Å². The highest BCUT2D eigenvalue weighted by Gasteiger charge is 2.26. The second-order valence-corrected chi connectivity index (χ2v) is 5.32. The molecular formula is C14H21N3O3. The lowest BCUT2D eigenvalue weighted by Crippen LogP contribution is -2.42. The number of hydrogen-bond acceptors (Lipinski definition) is 5. The number of ether oxygens (including phenoxy) is 1. The van der Waals surface area contributed by atoms with Crippen molar-refractivity contribution < 1.29 is 9.66 Å². The molecule has 0 spiro atoms. The van der Waals surface area contributed by atoms with Crippen molar-refractivity contribution in [2.45, 2.75) is 13.3 Å². The Hall–Kier alpha value is -1.82. The Labute approximate surface area is 118 Å². The number of hydrogen-bond donors (Lipinski definition) is 1. The van der Waals surface area contributed by atoms with E-state index in [0.717, 1.165) is 25.2 Å². The van der Waals surface area contributed by atoms with E-state index in [1.165, 1.54) is 13.2 Å². The van der Waals surface area contributed by atoms with E-state index >= 15 is 0 Å². The topological polar surface area (TPSA) is 81.6 Å². The van der Waals surface area contributed by atoms with Crippen LogP contribution in [-0.2, 0) is 0 Å². The molecule has 0 aliphatic carbocycles. The Kier molecular flexibility index (Phi) is 4.44. The average molecular weight is 279 g/mol. The third-order valence-electron chi connectivity index (χ3n) is 4.14. The minimum atomic E-state index is -0.427. The molecule has 1 aromatic carbocycles. The van der Waals surface area contributed by atoms with Crippen molar-refractivity contribution in [1.82, 2.24) is 0 Å². The molecule has 1 fully saturated rings. The van der Waals surface area contributed by atoms with Crippen LogP contribution in [0.25, 0.3) is 0 Å². The molecule has 0 radical (unpaired) electrons. The molecule has 6 nitrogen and oxygen atoms in total. The SMILES string of the molecule is COc1cc(N2CCC(C)C(CN)C2)ccc1[N+](=O)[O-]. The fourth-order valence-electron chi connectivity index (χ4n) is 2.70. The highest BCUT2D eigenvalue weighted by Crippen LogP contribution is 2.33. The summed E-state index contributed by atoms with van der Waals surface area (Å²) in [6.45, 7) is 4.73. The molecule has 1 aromatic rings. The van der Waals surface area contributed by atoms with E-state index in [4.69, 9.17) is 10.5 Å². The fraction of sp³-hybridized carbons (Fsp3) is 0.571. The van der Waals surface area contributed by atoms with Gasteiger partial charge in [0.1, 0.15) is 0 Å². The Morgan fingerprint density at radius 1 is 1.55 bits per heavy atom. The Morgan fingerprint density at radius 3 is 2.90 bits per heavy atom. The van der Waals surface area contributed by atoms with Crippen LogP contribution in [0.15, 0.2) is 18.2 Å². The summed E-state index contributed by atoms with van der Waals surface area (Å²) in [4.78, 5) is 12.7. The van der Waals surface area contributed by atoms with Crippen LogP contribution in [0.4, 0.5) is 11.4 Å². The van der Waals surface area contributed by atoms with E-state index in [1.807, 2.05) is 0 Å². The predicted octanol–water partition coefficient (Wildman–Crippen LogP) is 2.02. The summed E-state index contributed by atoms with van der Waals surface area (Å²) < 4.78 is 5.12. The second kappa shape index (κ2) is 6.09. The molecule has 1 saturated heterocycles. The lowest BCUT2D eigenvalue weighted by atomic mass is 9.87. The Balaban J connectivity index is 2.23. The molecule has 2 N–H and O–H groups in total. The van der Waals surface area contributed by atoms with Crippen molar-refractivity contribution in [3.8, 4) is 5.75 Å². The summed E-state index contributed by atoms with van der Waals surface area (Å²) in [5.41, 5.74) is 6.77. The first-order valence-electron chi connectivity index (χ1n) is 6.84. The molecule has 1 aliphatic rings. The molecule has 1 aliphatic heterocycles. The van der Waals surface area contributed by atoms with Crippen molar-refractivity contribution in [3.63, 3.8) is 0 Å². The third-order valence-corrected chi connectivity index (χ3v) is 4.14. The van der Waals surface area contributed by atoms with Gasteiger partial charge in [0.05, 0.1) is 12.0 Å². The van der Waals surface area contributed by atoms with Crippen LogP contribution in [0.1, 0.15) is 13.3 Å². The minimum absolute atomic E-state index is 0.00278. The summed E-state index contributed by atoms with van der Waals surface area (Å²) in [5, 5.41) is 10.9. The van der Waals surface area contributed by atoms with Gasteiger partial charge in [0.25, 0.3) is 0 Å². The molecule has 1 heterocycles. The van der Waals surface area contributed by atoms with Crippen molar-refractivity contribution in [3.05, 3.63) is 28.3 Å². The van der Waals surface area contributed by atoms with Crippen molar-refractivity contribution in [2.75, 3.05) is 31.6 Å². The molecule has 2 unspecified atom stereocenters. The van der Waals surface area contributed by atoms with Gasteiger partial charge in [0.2, 0.25) is 0 Å². The first-order chi connectivity index (χ1) is 9.56.